The Morgan fingerprint density at radius 3 is 2.59 bits per heavy atom. The second-order valence-corrected chi connectivity index (χ2v) is 9.46. The van der Waals surface area contributed by atoms with Crippen LogP contribution in [0.3, 0.4) is 0 Å². The molecule has 1 N–H and O–H groups in total. The van der Waals surface area contributed by atoms with Gasteiger partial charge in [0.05, 0.1) is 28.0 Å². The lowest BCUT2D eigenvalue weighted by Crippen LogP contribution is -2.23. The van der Waals surface area contributed by atoms with E-state index in [1.165, 1.54) is 23.1 Å². The quantitative estimate of drug-likeness (QED) is 0.489. The van der Waals surface area contributed by atoms with Crippen LogP contribution in [0, 0.1) is 24.7 Å². The molecule has 9 heteroatoms. The molecule has 0 aliphatic carbocycles. The van der Waals surface area contributed by atoms with E-state index in [-0.39, 0.29) is 11.2 Å². The second-order valence-electron chi connectivity index (χ2n) is 6.25. The topological polar surface area (TPSA) is 64.7 Å². The zero-order valence-electron chi connectivity index (χ0n) is 15.8. The van der Waals surface area contributed by atoms with Crippen molar-refractivity contribution in [1.82, 2.24) is 19.6 Å². The van der Waals surface area contributed by atoms with Crippen LogP contribution >= 0.6 is 35.3 Å². The molecule has 0 saturated heterocycles. The fraction of sp³-hybridized carbons (Fsp3) is 0.333. The summed E-state index contributed by atoms with van der Waals surface area (Å²) < 4.78 is 4.96. The summed E-state index contributed by atoms with van der Waals surface area (Å²) in [5.74, 6) is -0.0808. The van der Waals surface area contributed by atoms with E-state index < -0.39 is 0 Å². The van der Waals surface area contributed by atoms with Crippen molar-refractivity contribution in [3.63, 3.8) is 0 Å². The van der Waals surface area contributed by atoms with Gasteiger partial charge in [0.1, 0.15) is 0 Å². The van der Waals surface area contributed by atoms with Crippen LogP contribution in [-0.4, -0.2) is 30.7 Å². The lowest BCUT2D eigenvalue weighted by Gasteiger charge is -2.10. The Bertz CT molecular complexity index is 1050. The van der Waals surface area contributed by atoms with Gasteiger partial charge in [0, 0.05) is 7.05 Å². The van der Waals surface area contributed by atoms with Crippen LogP contribution in [0.25, 0.3) is 5.69 Å². The van der Waals surface area contributed by atoms with Gasteiger partial charge >= 0.3 is 0 Å². The fourth-order valence-corrected chi connectivity index (χ4v) is 5.14. The average molecular weight is 420 g/mol. The number of amides is 1. The Labute approximate surface area is 171 Å². The maximum atomic E-state index is 12.6. The first kappa shape index (κ1) is 19.8. The van der Waals surface area contributed by atoms with Crippen molar-refractivity contribution in [3.8, 4) is 5.69 Å². The number of carbonyl (C=O) groups is 1. The maximum absolute atomic E-state index is 12.6. The monoisotopic (exact) mass is 419 g/mol. The van der Waals surface area contributed by atoms with Gasteiger partial charge in [-0.05, 0) is 51.5 Å². The van der Waals surface area contributed by atoms with Gasteiger partial charge < -0.3 is 5.32 Å². The van der Waals surface area contributed by atoms with E-state index in [4.69, 9.17) is 12.2 Å². The first-order valence-electron chi connectivity index (χ1n) is 8.41. The minimum atomic E-state index is -0.310. The minimum Gasteiger partial charge on any atom is -0.322 e. The van der Waals surface area contributed by atoms with Crippen molar-refractivity contribution in [2.24, 2.45) is 7.05 Å². The number of nitrogens with one attached hydrogen (secondary N) is 1. The Balaban J connectivity index is 1.76. The lowest BCUT2D eigenvalue weighted by molar-refractivity contribution is -0.115. The molecule has 0 radical (unpaired) electrons. The van der Waals surface area contributed by atoms with Crippen molar-refractivity contribution in [1.29, 1.82) is 0 Å². The molecule has 0 unspecified atom stereocenters. The van der Waals surface area contributed by atoms with Crippen LogP contribution in [0.4, 0.5) is 5.69 Å². The van der Waals surface area contributed by atoms with E-state index in [1.54, 1.807) is 9.36 Å². The molecule has 0 bridgehead atoms. The lowest BCUT2D eigenvalue weighted by atomic mass is 10.2. The van der Waals surface area contributed by atoms with E-state index in [9.17, 15) is 4.79 Å². The molecule has 0 fully saturated rings. The summed E-state index contributed by atoms with van der Waals surface area (Å²) in [5, 5.41) is 11.6. The first-order chi connectivity index (χ1) is 12.8. The van der Waals surface area contributed by atoms with Gasteiger partial charge in [-0.2, -0.15) is 5.10 Å². The van der Waals surface area contributed by atoms with Gasteiger partial charge in [-0.3, -0.25) is 9.48 Å². The highest BCUT2D eigenvalue weighted by atomic mass is 32.2. The summed E-state index contributed by atoms with van der Waals surface area (Å²) in [7, 11) is 1.86. The van der Waals surface area contributed by atoms with E-state index in [0.717, 1.165) is 32.7 Å². The molecule has 3 rings (SSSR count). The molecule has 3 aromatic rings. The molecule has 1 atom stereocenters. The number of hydrogen-bond donors (Lipinski definition) is 1. The van der Waals surface area contributed by atoms with Crippen LogP contribution in [0.15, 0.2) is 28.6 Å². The van der Waals surface area contributed by atoms with E-state index >= 15 is 0 Å². The molecule has 2 heterocycles. The summed E-state index contributed by atoms with van der Waals surface area (Å²) in [6, 6.07) is 7.96. The number of aromatic nitrogens is 4. The SMILES string of the molecule is Cc1ccccc1-n1nc(S[C@H](C)C(=O)Nc2c(C)nn(C)c2C)sc1=S. The summed E-state index contributed by atoms with van der Waals surface area (Å²) >= 11 is 8.29. The van der Waals surface area contributed by atoms with Gasteiger partial charge in [-0.15, -0.1) is 5.10 Å². The first-order valence-corrected chi connectivity index (χ1v) is 10.5. The number of hydrogen-bond acceptors (Lipinski definition) is 6. The zero-order chi connectivity index (χ0) is 19.7. The van der Waals surface area contributed by atoms with Crippen molar-refractivity contribution in [3.05, 3.63) is 45.2 Å². The average Bonchev–Trinajstić information content (AvgIpc) is 3.09. The van der Waals surface area contributed by atoms with Crippen molar-refractivity contribution >= 4 is 46.9 Å². The van der Waals surface area contributed by atoms with Crippen molar-refractivity contribution in [2.45, 2.75) is 37.3 Å². The fourth-order valence-electron chi connectivity index (χ4n) is 2.65. The van der Waals surface area contributed by atoms with Gasteiger partial charge in [-0.25, -0.2) is 4.68 Å². The third kappa shape index (κ3) is 4.15. The summed E-state index contributed by atoms with van der Waals surface area (Å²) in [4.78, 5) is 12.6. The van der Waals surface area contributed by atoms with Gasteiger partial charge in [0.15, 0.2) is 8.29 Å². The number of aryl methyl sites for hydroxylation is 3. The van der Waals surface area contributed by atoms with Crippen LogP contribution in [0.5, 0.6) is 0 Å². The normalized spacial score (nSPS) is 12.2. The summed E-state index contributed by atoms with van der Waals surface area (Å²) in [6.45, 7) is 7.71. The van der Waals surface area contributed by atoms with Crippen molar-refractivity contribution < 1.29 is 4.79 Å². The standard InChI is InChI=1S/C18H21N5OS3/c1-10-8-6-7-9-14(10)23-18(25)27-17(21-23)26-13(4)16(24)19-15-11(2)20-22(5)12(15)3/h6-9,13H,1-5H3,(H,19,24)/t13-/m1/s1. The van der Waals surface area contributed by atoms with Gasteiger partial charge in [-0.1, -0.05) is 41.3 Å². The number of benzene rings is 1. The molecular formula is C18H21N5OS3. The highest BCUT2D eigenvalue weighted by Gasteiger charge is 2.20. The minimum absolute atomic E-state index is 0.0808. The molecule has 0 aliphatic heterocycles. The number of rotatable bonds is 5. The summed E-state index contributed by atoms with van der Waals surface area (Å²) in [6.07, 6.45) is 0. The molecule has 142 valence electrons. The smallest absolute Gasteiger partial charge is 0.237 e. The number of nitrogens with zero attached hydrogens (tertiary/aromatic N) is 4. The second kappa shape index (κ2) is 7.95. The maximum Gasteiger partial charge on any atom is 0.237 e. The number of thioether (sulfide) groups is 1. The largest absolute Gasteiger partial charge is 0.322 e. The molecule has 0 spiro atoms. The molecule has 2 aromatic heterocycles. The third-order valence-corrected chi connectivity index (χ3v) is 6.69. The Morgan fingerprint density at radius 2 is 1.96 bits per heavy atom. The molecule has 0 aliphatic rings. The third-order valence-electron chi connectivity index (χ3n) is 4.28. The van der Waals surface area contributed by atoms with Gasteiger partial charge in [0.25, 0.3) is 0 Å². The predicted octanol–water partition coefficient (Wildman–Crippen LogP) is 4.44. The Morgan fingerprint density at radius 1 is 1.26 bits per heavy atom. The summed E-state index contributed by atoms with van der Waals surface area (Å²) in [5.41, 5.74) is 4.57. The van der Waals surface area contributed by atoms with Crippen LogP contribution < -0.4 is 5.32 Å². The van der Waals surface area contributed by atoms with Crippen molar-refractivity contribution in [2.75, 3.05) is 5.32 Å². The molecule has 27 heavy (non-hydrogen) atoms. The van der Waals surface area contributed by atoms with Crippen LogP contribution in [0.2, 0.25) is 0 Å². The molecular weight excluding hydrogens is 398 g/mol. The highest BCUT2D eigenvalue weighted by molar-refractivity contribution is 8.02. The Hall–Kier alpha value is -1.97. The number of anilines is 1. The van der Waals surface area contributed by atoms with Gasteiger partial charge in [0.2, 0.25) is 5.91 Å². The number of para-hydroxylation sites is 1. The van der Waals surface area contributed by atoms with E-state index in [0.29, 0.717) is 3.95 Å². The highest BCUT2D eigenvalue weighted by Crippen LogP contribution is 2.29. The molecule has 6 nitrogen and oxygen atoms in total. The van der Waals surface area contributed by atoms with Crippen LogP contribution in [0.1, 0.15) is 23.9 Å². The molecule has 1 aromatic carbocycles. The zero-order valence-corrected chi connectivity index (χ0v) is 18.3. The predicted molar refractivity (Wildman–Crippen MR) is 114 cm³/mol. The number of carbonyl (C=O) groups excluding carboxylic acids is 1. The van der Waals surface area contributed by atoms with E-state index in [1.807, 2.05) is 59.0 Å². The Kier molecular flexibility index (Phi) is 5.83. The molecule has 0 saturated carbocycles. The van der Waals surface area contributed by atoms with Crippen LogP contribution in [-0.2, 0) is 11.8 Å². The van der Waals surface area contributed by atoms with E-state index in [2.05, 4.69) is 15.5 Å². The molecule has 1 amide bonds.